The van der Waals surface area contributed by atoms with Gasteiger partial charge in [0.05, 0.1) is 6.54 Å². The van der Waals surface area contributed by atoms with Crippen LogP contribution in [0.2, 0.25) is 5.02 Å². The normalized spacial score (nSPS) is 14.3. The van der Waals surface area contributed by atoms with Gasteiger partial charge in [-0.05, 0) is 55.7 Å². The number of pyridine rings is 1. The van der Waals surface area contributed by atoms with E-state index in [0.717, 1.165) is 41.8 Å². The van der Waals surface area contributed by atoms with Crippen molar-refractivity contribution in [1.82, 2.24) is 9.88 Å². The monoisotopic (exact) mass is 355 g/mol. The molecule has 1 fully saturated rings. The third-order valence-corrected chi connectivity index (χ3v) is 4.79. The third-order valence-electron chi connectivity index (χ3n) is 4.54. The maximum absolute atomic E-state index is 12.8. The van der Waals surface area contributed by atoms with Crippen LogP contribution in [0.1, 0.15) is 25.0 Å². The fraction of sp³-hybridized carbons (Fsp3) is 0.263. The number of urea groups is 1. The summed E-state index contributed by atoms with van der Waals surface area (Å²) in [5, 5.41) is 3.59. The first-order chi connectivity index (χ1) is 12.2. The zero-order valence-corrected chi connectivity index (χ0v) is 14.4. The molecule has 1 aliphatic carbocycles. The molecule has 0 aliphatic heterocycles. The Morgan fingerprint density at radius 1 is 1.28 bits per heavy atom. The van der Waals surface area contributed by atoms with Gasteiger partial charge in [-0.1, -0.05) is 11.6 Å². The van der Waals surface area contributed by atoms with Crippen LogP contribution in [-0.2, 0) is 6.54 Å². The lowest BCUT2D eigenvalue weighted by Crippen LogP contribution is -2.45. The Balaban J connectivity index is 1.52. The number of carbonyl (C=O) groups excluding carboxylic acids is 1. The second-order valence-electron chi connectivity index (χ2n) is 6.25. The van der Waals surface area contributed by atoms with Gasteiger partial charge in [-0.15, -0.1) is 0 Å². The summed E-state index contributed by atoms with van der Waals surface area (Å²) in [6, 6.07) is 12.9. The third kappa shape index (κ3) is 3.46. The number of hydrogen-bond donors (Lipinski definition) is 1. The highest BCUT2D eigenvalue weighted by Gasteiger charge is 2.29. The first kappa shape index (κ1) is 16.0. The van der Waals surface area contributed by atoms with Gasteiger partial charge in [0.2, 0.25) is 0 Å². The van der Waals surface area contributed by atoms with Gasteiger partial charge in [-0.2, -0.15) is 0 Å². The predicted octanol–water partition coefficient (Wildman–Crippen LogP) is 5.07. The van der Waals surface area contributed by atoms with Crippen LogP contribution in [0.5, 0.6) is 0 Å². The minimum atomic E-state index is -0.125. The number of anilines is 1. The number of fused-ring (bicyclic) bond motifs is 1. The summed E-state index contributed by atoms with van der Waals surface area (Å²) in [6.45, 7) is 0.431. The van der Waals surface area contributed by atoms with Crippen molar-refractivity contribution in [2.75, 3.05) is 5.32 Å². The Morgan fingerprint density at radius 2 is 2.08 bits per heavy atom. The number of carbonyl (C=O) groups is 1. The molecule has 2 heterocycles. The fourth-order valence-corrected chi connectivity index (χ4v) is 3.09. The van der Waals surface area contributed by atoms with Crippen LogP contribution >= 0.6 is 11.6 Å². The first-order valence-corrected chi connectivity index (χ1v) is 8.73. The van der Waals surface area contributed by atoms with Gasteiger partial charge in [0, 0.05) is 29.0 Å². The molecule has 2 aromatic heterocycles. The molecule has 0 radical (unpaired) electrons. The van der Waals surface area contributed by atoms with E-state index in [1.807, 2.05) is 23.1 Å². The van der Waals surface area contributed by atoms with Crippen LogP contribution in [0.3, 0.4) is 0 Å². The number of furan rings is 1. The molecular formula is C19H18ClN3O2. The molecule has 1 aromatic carbocycles. The van der Waals surface area contributed by atoms with Crippen LogP contribution in [0, 0.1) is 0 Å². The van der Waals surface area contributed by atoms with Crippen molar-refractivity contribution < 1.29 is 9.21 Å². The van der Waals surface area contributed by atoms with E-state index in [0.29, 0.717) is 11.6 Å². The molecule has 1 saturated carbocycles. The van der Waals surface area contributed by atoms with E-state index in [1.165, 1.54) is 0 Å². The van der Waals surface area contributed by atoms with Crippen molar-refractivity contribution in [3.63, 3.8) is 0 Å². The predicted molar refractivity (Wildman–Crippen MR) is 97.7 cm³/mol. The lowest BCUT2D eigenvalue weighted by atomic mass is 9.91. The van der Waals surface area contributed by atoms with Crippen molar-refractivity contribution in [3.8, 4) is 0 Å². The van der Waals surface area contributed by atoms with Crippen molar-refractivity contribution in [2.24, 2.45) is 0 Å². The number of aromatic nitrogens is 1. The van der Waals surface area contributed by atoms with Crippen LogP contribution in [0.25, 0.3) is 11.1 Å². The van der Waals surface area contributed by atoms with Gasteiger partial charge in [0.25, 0.3) is 0 Å². The molecule has 6 heteroatoms. The minimum Gasteiger partial charge on any atom is -0.457 e. The van der Waals surface area contributed by atoms with Gasteiger partial charge in [-0.25, -0.2) is 4.79 Å². The van der Waals surface area contributed by atoms with E-state index in [4.69, 9.17) is 16.0 Å². The summed E-state index contributed by atoms with van der Waals surface area (Å²) in [5.41, 5.74) is 2.28. The molecule has 0 saturated heterocycles. The van der Waals surface area contributed by atoms with Gasteiger partial charge in [0.1, 0.15) is 11.3 Å². The van der Waals surface area contributed by atoms with Crippen LogP contribution in [-0.4, -0.2) is 22.0 Å². The number of amides is 2. The van der Waals surface area contributed by atoms with Crippen molar-refractivity contribution in [2.45, 2.75) is 31.8 Å². The molecule has 0 bridgehead atoms. The maximum atomic E-state index is 12.8. The van der Waals surface area contributed by atoms with Gasteiger partial charge in [-0.3, -0.25) is 4.98 Å². The topological polar surface area (TPSA) is 58.4 Å². The number of benzene rings is 1. The lowest BCUT2D eigenvalue weighted by Gasteiger charge is -2.37. The summed E-state index contributed by atoms with van der Waals surface area (Å²) in [4.78, 5) is 18.9. The first-order valence-electron chi connectivity index (χ1n) is 8.36. The van der Waals surface area contributed by atoms with Crippen molar-refractivity contribution in [1.29, 1.82) is 0 Å². The minimum absolute atomic E-state index is 0.125. The number of nitrogens with one attached hydrogen (secondary N) is 1. The van der Waals surface area contributed by atoms with E-state index in [-0.39, 0.29) is 12.1 Å². The average molecular weight is 356 g/mol. The standard InChI is InChI=1S/C19H18ClN3O2/c20-13-6-8-14(9-7-13)22-19(24)23(15-3-1-4-15)12-16-11-17-18(25-16)5-2-10-21-17/h2,5-11,15H,1,3-4,12H2,(H,22,24). The molecule has 0 atom stereocenters. The van der Waals surface area contributed by atoms with Gasteiger partial charge in [0.15, 0.2) is 5.58 Å². The highest BCUT2D eigenvalue weighted by molar-refractivity contribution is 6.30. The fourth-order valence-electron chi connectivity index (χ4n) is 2.96. The lowest BCUT2D eigenvalue weighted by molar-refractivity contribution is 0.138. The quantitative estimate of drug-likeness (QED) is 0.711. The summed E-state index contributed by atoms with van der Waals surface area (Å²) in [6.07, 6.45) is 4.93. The highest BCUT2D eigenvalue weighted by Crippen LogP contribution is 2.28. The van der Waals surface area contributed by atoms with E-state index in [2.05, 4.69) is 10.3 Å². The largest absolute Gasteiger partial charge is 0.457 e. The Morgan fingerprint density at radius 3 is 2.76 bits per heavy atom. The molecule has 4 rings (SSSR count). The molecule has 25 heavy (non-hydrogen) atoms. The Bertz CT molecular complexity index is 854. The molecule has 128 valence electrons. The van der Waals surface area contributed by atoms with Crippen molar-refractivity contribution in [3.05, 3.63) is 59.4 Å². The molecule has 1 aliphatic rings. The van der Waals surface area contributed by atoms with E-state index < -0.39 is 0 Å². The van der Waals surface area contributed by atoms with E-state index in [9.17, 15) is 4.79 Å². The van der Waals surface area contributed by atoms with Gasteiger partial charge >= 0.3 is 6.03 Å². The number of rotatable bonds is 4. The van der Waals surface area contributed by atoms with Crippen LogP contribution < -0.4 is 5.32 Å². The Hall–Kier alpha value is -2.53. The molecule has 3 aromatic rings. The highest BCUT2D eigenvalue weighted by atomic mass is 35.5. The van der Waals surface area contributed by atoms with E-state index in [1.54, 1.807) is 30.5 Å². The molecule has 0 unspecified atom stereocenters. The SMILES string of the molecule is O=C(Nc1ccc(Cl)cc1)N(Cc1cc2ncccc2o1)C1CCC1. The van der Waals surface area contributed by atoms with Crippen molar-refractivity contribution >= 4 is 34.4 Å². The molecule has 5 nitrogen and oxygen atoms in total. The Labute approximate surface area is 150 Å². The molecule has 1 N–H and O–H groups in total. The van der Waals surface area contributed by atoms with Crippen LogP contribution in [0.15, 0.2) is 53.1 Å². The van der Waals surface area contributed by atoms with Crippen LogP contribution in [0.4, 0.5) is 10.5 Å². The number of hydrogen-bond acceptors (Lipinski definition) is 3. The smallest absolute Gasteiger partial charge is 0.322 e. The summed E-state index contributed by atoms with van der Waals surface area (Å²) < 4.78 is 5.83. The number of halogens is 1. The molecule has 2 amide bonds. The second kappa shape index (κ2) is 6.76. The number of nitrogens with zero attached hydrogens (tertiary/aromatic N) is 2. The van der Waals surface area contributed by atoms with E-state index >= 15 is 0 Å². The Kier molecular flexibility index (Phi) is 4.32. The molecular weight excluding hydrogens is 338 g/mol. The summed E-state index contributed by atoms with van der Waals surface area (Å²) >= 11 is 5.90. The summed E-state index contributed by atoms with van der Waals surface area (Å²) in [5.74, 6) is 0.742. The molecule has 0 spiro atoms. The maximum Gasteiger partial charge on any atom is 0.322 e. The average Bonchev–Trinajstić information content (AvgIpc) is 2.97. The van der Waals surface area contributed by atoms with Gasteiger partial charge < -0.3 is 14.6 Å². The summed E-state index contributed by atoms with van der Waals surface area (Å²) in [7, 11) is 0. The zero-order valence-electron chi connectivity index (χ0n) is 13.6. The zero-order chi connectivity index (χ0) is 17.2. The second-order valence-corrected chi connectivity index (χ2v) is 6.69.